The molecular formula is C20H28N2O3. The summed E-state index contributed by atoms with van der Waals surface area (Å²) < 4.78 is 5.47. The molecule has 0 saturated carbocycles. The molecule has 0 unspecified atom stereocenters. The van der Waals surface area contributed by atoms with Gasteiger partial charge in [-0.05, 0) is 77.1 Å². The topological polar surface area (TPSA) is 58.6 Å². The quantitative estimate of drug-likeness (QED) is 0.856. The van der Waals surface area contributed by atoms with Gasteiger partial charge in [-0.1, -0.05) is 12.1 Å². The maximum Gasteiger partial charge on any atom is 0.414 e. The Morgan fingerprint density at radius 1 is 1.08 bits per heavy atom. The van der Waals surface area contributed by atoms with Crippen LogP contribution >= 0.6 is 0 Å². The van der Waals surface area contributed by atoms with Crippen molar-refractivity contribution in [2.24, 2.45) is 0 Å². The van der Waals surface area contributed by atoms with E-state index in [0.717, 1.165) is 36.1 Å². The lowest BCUT2D eigenvalue weighted by atomic mass is 10.1. The molecule has 0 aliphatic carbocycles. The smallest absolute Gasteiger partial charge is 0.414 e. The Morgan fingerprint density at radius 3 is 2.32 bits per heavy atom. The van der Waals surface area contributed by atoms with Gasteiger partial charge >= 0.3 is 6.09 Å². The van der Waals surface area contributed by atoms with Crippen LogP contribution in [0.2, 0.25) is 0 Å². The highest BCUT2D eigenvalue weighted by atomic mass is 16.6. The highest BCUT2D eigenvalue weighted by Gasteiger charge is 2.29. The lowest BCUT2D eigenvalue weighted by molar-refractivity contribution is -0.114. The standard InChI is InChI=1S/C20H28N2O3/c1-14-11-15(2)13-16(12-14)21-18(23)17-9-7-6-8-10-22(17)19(24)25-20(3,4)5/h9,11-13H,6-8,10H2,1-5H3,(H,21,23). The van der Waals surface area contributed by atoms with E-state index in [1.54, 1.807) is 0 Å². The zero-order valence-corrected chi connectivity index (χ0v) is 15.8. The third kappa shape index (κ3) is 5.62. The highest BCUT2D eigenvalue weighted by molar-refractivity contribution is 6.05. The van der Waals surface area contributed by atoms with Gasteiger partial charge in [-0.3, -0.25) is 9.69 Å². The lowest BCUT2D eigenvalue weighted by Gasteiger charge is -2.27. The molecule has 0 atom stereocenters. The van der Waals surface area contributed by atoms with Crippen LogP contribution in [0.3, 0.4) is 0 Å². The van der Waals surface area contributed by atoms with E-state index < -0.39 is 11.7 Å². The van der Waals surface area contributed by atoms with Crippen LogP contribution in [0.4, 0.5) is 10.5 Å². The van der Waals surface area contributed by atoms with E-state index in [4.69, 9.17) is 4.74 Å². The molecule has 0 aromatic heterocycles. The van der Waals surface area contributed by atoms with Crippen LogP contribution in [0.25, 0.3) is 0 Å². The van der Waals surface area contributed by atoms with Crippen molar-refractivity contribution in [2.75, 3.05) is 11.9 Å². The number of nitrogens with zero attached hydrogens (tertiary/aromatic N) is 1. The Morgan fingerprint density at radius 2 is 1.72 bits per heavy atom. The molecule has 25 heavy (non-hydrogen) atoms. The molecule has 0 fully saturated rings. The zero-order valence-electron chi connectivity index (χ0n) is 15.8. The van der Waals surface area contributed by atoms with Gasteiger partial charge in [0.05, 0.1) is 0 Å². The largest absolute Gasteiger partial charge is 0.443 e. The number of allylic oxidation sites excluding steroid dienone is 1. The van der Waals surface area contributed by atoms with E-state index >= 15 is 0 Å². The van der Waals surface area contributed by atoms with Gasteiger partial charge in [0, 0.05) is 12.2 Å². The van der Waals surface area contributed by atoms with Crippen LogP contribution in [0.15, 0.2) is 30.0 Å². The van der Waals surface area contributed by atoms with Crippen molar-refractivity contribution in [1.82, 2.24) is 4.90 Å². The summed E-state index contributed by atoms with van der Waals surface area (Å²) in [4.78, 5) is 26.8. The summed E-state index contributed by atoms with van der Waals surface area (Å²) in [6, 6.07) is 5.88. The second kappa shape index (κ2) is 7.72. The summed E-state index contributed by atoms with van der Waals surface area (Å²) >= 11 is 0. The number of benzene rings is 1. The van der Waals surface area contributed by atoms with E-state index in [1.807, 2.05) is 58.9 Å². The molecule has 0 radical (unpaired) electrons. The number of hydrogen-bond donors (Lipinski definition) is 1. The molecule has 1 N–H and O–H groups in total. The molecule has 5 nitrogen and oxygen atoms in total. The minimum atomic E-state index is -0.599. The third-order valence-electron chi connectivity index (χ3n) is 3.79. The first-order valence-electron chi connectivity index (χ1n) is 8.76. The van der Waals surface area contributed by atoms with Gasteiger partial charge < -0.3 is 10.1 Å². The molecule has 2 amide bonds. The van der Waals surface area contributed by atoms with E-state index in [2.05, 4.69) is 5.32 Å². The predicted octanol–water partition coefficient (Wildman–Crippen LogP) is 4.55. The van der Waals surface area contributed by atoms with E-state index in [9.17, 15) is 9.59 Å². The van der Waals surface area contributed by atoms with Crippen LogP contribution in [0.5, 0.6) is 0 Å². The number of rotatable bonds is 2. The fourth-order valence-corrected chi connectivity index (χ4v) is 2.85. The molecule has 136 valence electrons. The molecule has 1 heterocycles. The molecule has 5 heteroatoms. The number of amides is 2. The molecular weight excluding hydrogens is 316 g/mol. The van der Waals surface area contributed by atoms with Crippen molar-refractivity contribution < 1.29 is 14.3 Å². The number of carbonyl (C=O) groups is 2. The average molecular weight is 344 g/mol. The average Bonchev–Trinajstić information content (AvgIpc) is 2.69. The van der Waals surface area contributed by atoms with E-state index in [-0.39, 0.29) is 5.91 Å². The molecule has 0 bridgehead atoms. The van der Waals surface area contributed by atoms with Gasteiger partial charge in [-0.15, -0.1) is 0 Å². The summed E-state index contributed by atoms with van der Waals surface area (Å²) in [6.07, 6.45) is 3.91. The van der Waals surface area contributed by atoms with Crippen molar-refractivity contribution in [3.63, 3.8) is 0 Å². The summed E-state index contributed by atoms with van der Waals surface area (Å²) in [5, 5.41) is 2.91. The maximum absolute atomic E-state index is 12.8. The Balaban J connectivity index is 2.21. The molecule has 1 aliphatic heterocycles. The predicted molar refractivity (Wildman–Crippen MR) is 99.4 cm³/mol. The number of nitrogens with one attached hydrogen (secondary N) is 1. The Bertz CT molecular complexity index is 666. The maximum atomic E-state index is 12.8. The van der Waals surface area contributed by atoms with Crippen LogP contribution in [0.1, 0.15) is 51.2 Å². The summed E-state index contributed by atoms with van der Waals surface area (Å²) in [6.45, 7) is 9.92. The minimum Gasteiger partial charge on any atom is -0.443 e. The second-order valence-corrected chi connectivity index (χ2v) is 7.55. The van der Waals surface area contributed by atoms with Crippen molar-refractivity contribution in [1.29, 1.82) is 0 Å². The SMILES string of the molecule is Cc1cc(C)cc(NC(=O)C2=CCCCCN2C(=O)OC(C)(C)C)c1. The summed E-state index contributed by atoms with van der Waals surface area (Å²) in [5.41, 5.74) is 2.66. The van der Waals surface area contributed by atoms with Gasteiger partial charge in [0.1, 0.15) is 11.3 Å². The van der Waals surface area contributed by atoms with Crippen molar-refractivity contribution in [3.05, 3.63) is 41.1 Å². The normalized spacial score (nSPS) is 15.2. The van der Waals surface area contributed by atoms with E-state index in [1.165, 1.54) is 4.90 Å². The number of aryl methyl sites for hydroxylation is 2. The molecule has 1 aliphatic rings. The molecule has 1 aromatic rings. The van der Waals surface area contributed by atoms with Crippen LogP contribution in [0, 0.1) is 13.8 Å². The van der Waals surface area contributed by atoms with Crippen LogP contribution in [-0.4, -0.2) is 29.0 Å². The fraction of sp³-hybridized carbons (Fsp3) is 0.500. The number of hydrogen-bond acceptors (Lipinski definition) is 3. The minimum absolute atomic E-state index is 0.280. The first kappa shape index (κ1) is 19.0. The molecule has 0 saturated heterocycles. The Labute approximate surface area is 150 Å². The monoisotopic (exact) mass is 344 g/mol. The Hall–Kier alpha value is -2.30. The number of ether oxygens (including phenoxy) is 1. The van der Waals surface area contributed by atoms with Crippen LogP contribution < -0.4 is 5.32 Å². The third-order valence-corrected chi connectivity index (χ3v) is 3.79. The lowest BCUT2D eigenvalue weighted by Crippen LogP contribution is -2.39. The van der Waals surface area contributed by atoms with Gasteiger partial charge in [0.2, 0.25) is 0 Å². The second-order valence-electron chi connectivity index (χ2n) is 7.55. The van der Waals surface area contributed by atoms with Gasteiger partial charge in [-0.2, -0.15) is 0 Å². The number of anilines is 1. The molecule has 0 spiro atoms. The van der Waals surface area contributed by atoms with E-state index in [0.29, 0.717) is 12.2 Å². The van der Waals surface area contributed by atoms with Crippen molar-refractivity contribution in [2.45, 2.75) is 59.5 Å². The summed E-state index contributed by atoms with van der Waals surface area (Å²) in [7, 11) is 0. The number of carbonyl (C=O) groups excluding carboxylic acids is 2. The van der Waals surface area contributed by atoms with Gasteiger partial charge in [0.25, 0.3) is 5.91 Å². The van der Waals surface area contributed by atoms with Gasteiger partial charge in [-0.25, -0.2) is 4.79 Å². The first-order chi connectivity index (χ1) is 11.7. The first-order valence-corrected chi connectivity index (χ1v) is 8.76. The van der Waals surface area contributed by atoms with Crippen molar-refractivity contribution in [3.8, 4) is 0 Å². The summed E-state index contributed by atoms with van der Waals surface area (Å²) in [5.74, 6) is -0.280. The van der Waals surface area contributed by atoms with Crippen molar-refractivity contribution >= 4 is 17.7 Å². The molecule has 2 rings (SSSR count). The fourth-order valence-electron chi connectivity index (χ4n) is 2.85. The zero-order chi connectivity index (χ0) is 18.6. The Kier molecular flexibility index (Phi) is 5.88. The molecule has 1 aromatic carbocycles. The highest BCUT2D eigenvalue weighted by Crippen LogP contribution is 2.21. The van der Waals surface area contributed by atoms with Crippen LogP contribution in [-0.2, 0) is 9.53 Å². The van der Waals surface area contributed by atoms with Gasteiger partial charge in [0.15, 0.2) is 0 Å².